The van der Waals surface area contributed by atoms with Crippen LogP contribution in [0.1, 0.15) is 35.6 Å². The van der Waals surface area contributed by atoms with Crippen LogP contribution in [0, 0.1) is 0 Å². The van der Waals surface area contributed by atoms with Crippen molar-refractivity contribution >= 4 is 11.9 Å². The quantitative estimate of drug-likeness (QED) is 0.876. The lowest BCUT2D eigenvalue weighted by Crippen LogP contribution is -2.12. The minimum atomic E-state index is -0.575. The largest absolute Gasteiger partial charge is 0.464 e. The molecule has 3 rings (SSSR count). The summed E-state index contributed by atoms with van der Waals surface area (Å²) in [5.41, 5.74) is 3.37. The Kier molecular flexibility index (Phi) is 3.59. The van der Waals surface area contributed by atoms with Crippen molar-refractivity contribution in [3.05, 3.63) is 71.5 Å². The van der Waals surface area contributed by atoms with Crippen LogP contribution in [0.5, 0.6) is 5.75 Å². The average Bonchev–Trinajstić information content (AvgIpc) is 2.53. The second-order valence-corrected chi connectivity index (χ2v) is 5.14. The topological polar surface area (TPSA) is 46.5 Å². The van der Waals surface area contributed by atoms with Gasteiger partial charge >= 0.3 is 0 Å². The molecular formula is C18H16O3. The fourth-order valence-corrected chi connectivity index (χ4v) is 2.57. The van der Waals surface area contributed by atoms with Gasteiger partial charge in [0.25, 0.3) is 0 Å². The molecule has 106 valence electrons. The van der Waals surface area contributed by atoms with Crippen molar-refractivity contribution in [1.82, 2.24) is 0 Å². The minimum Gasteiger partial charge on any atom is -0.464 e. The molecule has 3 nitrogen and oxygen atoms in total. The van der Waals surface area contributed by atoms with Crippen LogP contribution >= 0.6 is 0 Å². The summed E-state index contributed by atoms with van der Waals surface area (Å²) in [6.45, 7) is 1.70. The molecule has 0 radical (unpaired) electrons. The van der Waals surface area contributed by atoms with Crippen LogP contribution in [-0.4, -0.2) is 11.4 Å². The van der Waals surface area contributed by atoms with E-state index in [1.54, 1.807) is 19.3 Å². The number of benzene rings is 2. The van der Waals surface area contributed by atoms with Gasteiger partial charge in [0.15, 0.2) is 0 Å². The lowest BCUT2D eigenvalue weighted by Gasteiger charge is -2.24. The summed E-state index contributed by atoms with van der Waals surface area (Å²) in [5, 5.41) is 9.72. The van der Waals surface area contributed by atoms with Gasteiger partial charge in [0, 0.05) is 11.1 Å². The van der Waals surface area contributed by atoms with Crippen LogP contribution in [0.3, 0.4) is 0 Å². The van der Waals surface area contributed by atoms with Gasteiger partial charge in [-0.2, -0.15) is 0 Å². The van der Waals surface area contributed by atoms with Crippen LogP contribution < -0.4 is 4.74 Å². The summed E-state index contributed by atoms with van der Waals surface area (Å²) in [7, 11) is 0. The number of ether oxygens (including phenoxy) is 1. The first-order valence-electron chi connectivity index (χ1n) is 6.90. The van der Waals surface area contributed by atoms with E-state index in [0.717, 1.165) is 28.5 Å². The molecule has 2 aromatic carbocycles. The van der Waals surface area contributed by atoms with Crippen LogP contribution in [-0.2, 0) is 4.79 Å². The van der Waals surface area contributed by atoms with Crippen molar-refractivity contribution in [3.8, 4) is 5.75 Å². The zero-order valence-corrected chi connectivity index (χ0v) is 11.7. The standard InChI is InChI=1S/C18H16O3/c1-12(20)14-7-8-18-15(9-14)16(10-19)17(11-21-18)13-5-3-2-4-6-13/h2-12,16,20H,1H3. The SMILES string of the molecule is CC(O)c1ccc2c(c1)C(C=O)C(c1ccccc1)=CO2. The molecular weight excluding hydrogens is 264 g/mol. The van der Waals surface area contributed by atoms with Gasteiger partial charge in [-0.05, 0) is 30.2 Å². The van der Waals surface area contributed by atoms with Crippen molar-refractivity contribution in [3.63, 3.8) is 0 Å². The van der Waals surface area contributed by atoms with E-state index in [4.69, 9.17) is 4.74 Å². The Morgan fingerprint density at radius 3 is 2.62 bits per heavy atom. The van der Waals surface area contributed by atoms with E-state index >= 15 is 0 Å². The third-order valence-electron chi connectivity index (χ3n) is 3.74. The predicted molar refractivity (Wildman–Crippen MR) is 80.9 cm³/mol. The van der Waals surface area contributed by atoms with Crippen LogP contribution in [0.4, 0.5) is 0 Å². The Morgan fingerprint density at radius 2 is 1.95 bits per heavy atom. The number of allylic oxidation sites excluding steroid dienone is 1. The maximum atomic E-state index is 11.6. The molecule has 0 amide bonds. The third-order valence-corrected chi connectivity index (χ3v) is 3.74. The number of aliphatic hydroxyl groups is 1. The van der Waals surface area contributed by atoms with E-state index in [-0.39, 0.29) is 5.92 Å². The van der Waals surface area contributed by atoms with Gasteiger partial charge < -0.3 is 14.6 Å². The van der Waals surface area contributed by atoms with E-state index < -0.39 is 6.10 Å². The van der Waals surface area contributed by atoms with E-state index in [1.165, 1.54) is 0 Å². The van der Waals surface area contributed by atoms with Gasteiger partial charge in [-0.3, -0.25) is 0 Å². The van der Waals surface area contributed by atoms with Crippen molar-refractivity contribution < 1.29 is 14.6 Å². The Balaban J connectivity index is 2.07. The van der Waals surface area contributed by atoms with E-state index in [0.29, 0.717) is 5.75 Å². The number of fused-ring (bicyclic) bond motifs is 1. The van der Waals surface area contributed by atoms with Crippen LogP contribution in [0.25, 0.3) is 5.57 Å². The molecule has 1 heterocycles. The molecule has 2 atom stereocenters. The lowest BCUT2D eigenvalue weighted by atomic mass is 9.85. The van der Waals surface area contributed by atoms with E-state index in [1.807, 2.05) is 42.5 Å². The second kappa shape index (κ2) is 5.54. The third kappa shape index (κ3) is 2.48. The molecule has 1 aliphatic rings. The number of hydrogen-bond donors (Lipinski definition) is 1. The number of carbonyl (C=O) groups is 1. The zero-order valence-electron chi connectivity index (χ0n) is 11.7. The minimum absolute atomic E-state index is 0.380. The molecule has 1 N–H and O–H groups in total. The van der Waals surface area contributed by atoms with Crippen molar-refractivity contribution in [1.29, 1.82) is 0 Å². The molecule has 2 aromatic rings. The predicted octanol–water partition coefficient (Wildman–Crippen LogP) is 3.46. The van der Waals surface area contributed by atoms with E-state index in [2.05, 4.69) is 0 Å². The van der Waals surface area contributed by atoms with Gasteiger partial charge in [0.2, 0.25) is 0 Å². The molecule has 0 saturated carbocycles. The Labute approximate surface area is 123 Å². The molecule has 0 spiro atoms. The van der Waals surface area contributed by atoms with Crippen LogP contribution in [0.15, 0.2) is 54.8 Å². The fourth-order valence-electron chi connectivity index (χ4n) is 2.57. The fraction of sp³-hybridized carbons (Fsp3) is 0.167. The average molecular weight is 280 g/mol. The van der Waals surface area contributed by atoms with Crippen molar-refractivity contribution in [2.24, 2.45) is 0 Å². The Morgan fingerprint density at radius 1 is 1.19 bits per heavy atom. The van der Waals surface area contributed by atoms with Crippen molar-refractivity contribution in [2.45, 2.75) is 18.9 Å². The summed E-state index contributed by atoms with van der Waals surface area (Å²) in [4.78, 5) is 11.6. The molecule has 1 aliphatic heterocycles. The summed E-state index contributed by atoms with van der Waals surface area (Å²) in [5.74, 6) is 0.283. The normalized spacial score (nSPS) is 18.2. The summed E-state index contributed by atoms with van der Waals surface area (Å²) in [6, 6.07) is 15.2. The smallest absolute Gasteiger partial charge is 0.132 e. The number of aliphatic hydroxyl groups excluding tert-OH is 1. The summed E-state index contributed by atoms with van der Waals surface area (Å²) >= 11 is 0. The Bertz CT molecular complexity index is 687. The molecule has 3 heteroatoms. The number of rotatable bonds is 3. The molecule has 2 unspecified atom stereocenters. The molecule has 0 saturated heterocycles. The lowest BCUT2D eigenvalue weighted by molar-refractivity contribution is -0.108. The van der Waals surface area contributed by atoms with Gasteiger partial charge in [0.1, 0.15) is 12.0 Å². The first kappa shape index (κ1) is 13.6. The maximum Gasteiger partial charge on any atom is 0.132 e. The zero-order chi connectivity index (χ0) is 14.8. The van der Waals surface area contributed by atoms with Gasteiger partial charge in [-0.25, -0.2) is 0 Å². The molecule has 21 heavy (non-hydrogen) atoms. The number of aldehydes is 1. The highest BCUT2D eigenvalue weighted by Gasteiger charge is 2.26. The monoisotopic (exact) mass is 280 g/mol. The molecule has 0 aliphatic carbocycles. The Hall–Kier alpha value is -2.39. The molecule has 0 fully saturated rings. The van der Waals surface area contributed by atoms with Gasteiger partial charge in [-0.1, -0.05) is 36.4 Å². The second-order valence-electron chi connectivity index (χ2n) is 5.14. The summed E-state index contributed by atoms with van der Waals surface area (Å²) in [6.07, 6.45) is 1.99. The first-order valence-corrected chi connectivity index (χ1v) is 6.90. The number of hydrogen-bond acceptors (Lipinski definition) is 3. The highest BCUT2D eigenvalue weighted by Crippen LogP contribution is 2.40. The first-order chi connectivity index (χ1) is 10.2. The highest BCUT2D eigenvalue weighted by molar-refractivity contribution is 5.88. The van der Waals surface area contributed by atoms with Gasteiger partial charge in [-0.15, -0.1) is 0 Å². The highest BCUT2D eigenvalue weighted by atomic mass is 16.5. The molecule has 0 aromatic heterocycles. The maximum absolute atomic E-state index is 11.6. The molecule has 0 bridgehead atoms. The number of carbonyl (C=O) groups excluding carboxylic acids is 1. The van der Waals surface area contributed by atoms with Crippen molar-refractivity contribution in [2.75, 3.05) is 0 Å². The van der Waals surface area contributed by atoms with E-state index in [9.17, 15) is 9.90 Å². The summed E-state index contributed by atoms with van der Waals surface area (Å²) < 4.78 is 5.65. The van der Waals surface area contributed by atoms with Gasteiger partial charge in [0.05, 0.1) is 18.3 Å². The van der Waals surface area contributed by atoms with Crippen LogP contribution in [0.2, 0.25) is 0 Å².